The molecule has 2 heterocycles. The van der Waals surface area contributed by atoms with Crippen molar-refractivity contribution in [2.75, 3.05) is 25.3 Å². The molecule has 1 radical (unpaired) electrons. The molecule has 1 aliphatic rings. The van der Waals surface area contributed by atoms with Crippen molar-refractivity contribution in [3.8, 4) is 17.5 Å². The Morgan fingerprint density at radius 1 is 1.09 bits per heavy atom. The van der Waals surface area contributed by atoms with Gasteiger partial charge in [0.15, 0.2) is 11.5 Å². The van der Waals surface area contributed by atoms with Crippen molar-refractivity contribution in [3.63, 3.8) is 0 Å². The number of ether oxygens (including phenoxy) is 3. The fourth-order valence-electron chi connectivity index (χ4n) is 2.90. The van der Waals surface area contributed by atoms with E-state index in [-0.39, 0.29) is 62.0 Å². The van der Waals surface area contributed by atoms with Crippen LogP contribution >= 0.6 is 11.6 Å². The first kappa shape index (κ1) is 24.8. The predicted molar refractivity (Wildman–Crippen MR) is 118 cm³/mol. The summed E-state index contributed by atoms with van der Waals surface area (Å²) >= 11 is 6.14. The van der Waals surface area contributed by atoms with E-state index in [2.05, 4.69) is 19.5 Å². The minimum absolute atomic E-state index is 0. The van der Waals surface area contributed by atoms with E-state index in [0.29, 0.717) is 34.4 Å². The Hall–Kier alpha value is -1.86. The third kappa shape index (κ3) is 6.58. The van der Waals surface area contributed by atoms with E-state index in [4.69, 9.17) is 30.4 Å². The molecule has 10 nitrogen and oxygen atoms in total. The Balaban J connectivity index is 0.00000289. The summed E-state index contributed by atoms with van der Waals surface area (Å²) in [5.74, 6) is 1.91. The molecular weight excluding hydrogens is 473 g/mol. The summed E-state index contributed by atoms with van der Waals surface area (Å²) in [6.07, 6.45) is 0.210. The van der Waals surface area contributed by atoms with E-state index in [1.165, 1.54) is 0 Å². The Kier molecular flexibility index (Phi) is 8.39. The van der Waals surface area contributed by atoms with Crippen LogP contribution in [0, 0.1) is 0 Å². The van der Waals surface area contributed by atoms with E-state index >= 15 is 0 Å². The van der Waals surface area contributed by atoms with Gasteiger partial charge in [-0.3, -0.25) is 4.55 Å². The van der Waals surface area contributed by atoms with Crippen LogP contribution in [0.25, 0.3) is 10.9 Å². The molecule has 165 valence electrons. The number of anilines is 1. The van der Waals surface area contributed by atoms with Gasteiger partial charge in [-0.25, -0.2) is 4.18 Å². The minimum Gasteiger partial charge on any atom is -0.463 e. The smallest absolute Gasteiger partial charge is 0.397 e. The molecule has 0 saturated heterocycles. The molecule has 0 saturated carbocycles. The van der Waals surface area contributed by atoms with Crippen molar-refractivity contribution in [2.24, 2.45) is 0 Å². The molecule has 1 aromatic heterocycles. The van der Waals surface area contributed by atoms with Gasteiger partial charge in [-0.2, -0.15) is 18.4 Å². The predicted octanol–water partition coefficient (Wildman–Crippen LogP) is 2.83. The first-order valence-corrected chi connectivity index (χ1v) is 11.0. The van der Waals surface area contributed by atoms with Crippen LogP contribution in [0.4, 0.5) is 5.82 Å². The number of benzene rings is 2. The second-order valence-corrected chi connectivity index (χ2v) is 8.04. The number of halogens is 1. The Morgan fingerprint density at radius 2 is 1.91 bits per heavy atom. The Bertz CT molecular complexity index is 1210. The van der Waals surface area contributed by atoms with Crippen molar-refractivity contribution in [1.82, 2.24) is 9.97 Å². The van der Waals surface area contributed by atoms with Crippen molar-refractivity contribution in [2.45, 2.75) is 13.0 Å². The molecule has 2 aromatic carbocycles. The fraction of sp³-hybridized carbons (Fsp3) is 0.263. The zero-order valence-corrected chi connectivity index (χ0v) is 20.6. The van der Waals surface area contributed by atoms with E-state index in [0.717, 1.165) is 10.9 Å². The summed E-state index contributed by atoms with van der Waals surface area (Å²) in [6, 6.07) is 11.0. The van der Waals surface area contributed by atoms with Gasteiger partial charge < -0.3 is 19.5 Å². The molecule has 0 unspecified atom stereocenters. The summed E-state index contributed by atoms with van der Waals surface area (Å²) < 4.78 is 50.2. The molecule has 0 aliphatic carbocycles. The molecular formula is C19H18ClN3NaO7S. The van der Waals surface area contributed by atoms with Gasteiger partial charge in [-0.05, 0) is 35.9 Å². The maximum Gasteiger partial charge on any atom is 0.397 e. The van der Waals surface area contributed by atoms with Crippen LogP contribution in [-0.2, 0) is 21.1 Å². The molecule has 0 fully saturated rings. The maximum atomic E-state index is 10.6. The van der Waals surface area contributed by atoms with Gasteiger partial charge >= 0.3 is 16.4 Å². The maximum absolute atomic E-state index is 10.6. The van der Waals surface area contributed by atoms with Gasteiger partial charge in [0.25, 0.3) is 0 Å². The van der Waals surface area contributed by atoms with Gasteiger partial charge in [0.1, 0.15) is 5.82 Å². The normalized spacial score (nSPS) is 12.4. The Labute approximate surface area is 211 Å². The van der Waals surface area contributed by atoms with Crippen LogP contribution in [0.1, 0.15) is 12.0 Å². The molecule has 4 rings (SSSR count). The zero-order chi connectivity index (χ0) is 21.8. The minimum atomic E-state index is -4.47. The van der Waals surface area contributed by atoms with Crippen LogP contribution in [0.15, 0.2) is 36.4 Å². The standard InChI is InChI=1S/C19H18ClN3O7S.Na/c20-13-3-4-15-14(9-13)18(21-10-12-2-5-16-17(8-12)29-11-28-16)23-19(22-15)27-6-1-7-30-31(24,25)26;/h2-5,8-9H,1,6-7,10-11H2,(H,21,22,23)(H,24,25,26);. The topological polar surface area (TPSA) is 129 Å². The van der Waals surface area contributed by atoms with Crippen LogP contribution in [0.3, 0.4) is 0 Å². The average Bonchev–Trinajstić information content (AvgIpc) is 3.19. The summed E-state index contributed by atoms with van der Waals surface area (Å²) in [6.45, 7) is 0.529. The number of fused-ring (bicyclic) bond motifs is 2. The van der Waals surface area contributed by atoms with Crippen molar-refractivity contribution in [3.05, 3.63) is 47.0 Å². The molecule has 13 heteroatoms. The quantitative estimate of drug-likeness (QED) is 0.262. The summed E-state index contributed by atoms with van der Waals surface area (Å²) in [4.78, 5) is 8.76. The van der Waals surface area contributed by atoms with Gasteiger partial charge in [-0.15, -0.1) is 0 Å². The van der Waals surface area contributed by atoms with Crippen LogP contribution in [0.5, 0.6) is 17.5 Å². The number of rotatable bonds is 9. The van der Waals surface area contributed by atoms with Crippen LogP contribution in [-0.4, -0.2) is 72.5 Å². The number of nitrogens with zero attached hydrogens (tertiary/aromatic N) is 2. The largest absolute Gasteiger partial charge is 0.463 e. The third-order valence-corrected chi connectivity index (χ3v) is 4.99. The molecule has 1 aliphatic heterocycles. The molecule has 0 amide bonds. The Morgan fingerprint density at radius 3 is 2.72 bits per heavy atom. The number of hydrogen-bond acceptors (Lipinski definition) is 9. The van der Waals surface area contributed by atoms with Crippen molar-refractivity contribution < 1.29 is 31.4 Å². The van der Waals surface area contributed by atoms with E-state index in [9.17, 15) is 8.42 Å². The van der Waals surface area contributed by atoms with E-state index in [1.54, 1.807) is 18.2 Å². The number of nitrogens with one attached hydrogen (secondary N) is 1. The van der Waals surface area contributed by atoms with Crippen molar-refractivity contribution >= 4 is 68.3 Å². The van der Waals surface area contributed by atoms with Crippen LogP contribution < -0.4 is 19.5 Å². The number of hydrogen-bond donors (Lipinski definition) is 2. The monoisotopic (exact) mass is 490 g/mol. The molecule has 0 atom stereocenters. The van der Waals surface area contributed by atoms with Crippen LogP contribution in [0.2, 0.25) is 5.02 Å². The second kappa shape index (κ2) is 10.8. The molecule has 0 bridgehead atoms. The molecule has 0 spiro atoms. The van der Waals surface area contributed by atoms with E-state index < -0.39 is 10.4 Å². The van der Waals surface area contributed by atoms with Gasteiger partial charge in [0, 0.05) is 52.9 Å². The average molecular weight is 491 g/mol. The zero-order valence-electron chi connectivity index (χ0n) is 17.1. The first-order valence-electron chi connectivity index (χ1n) is 9.22. The molecule has 32 heavy (non-hydrogen) atoms. The first-order chi connectivity index (χ1) is 14.9. The second-order valence-electron chi connectivity index (χ2n) is 6.51. The van der Waals surface area contributed by atoms with Gasteiger partial charge in [-0.1, -0.05) is 17.7 Å². The third-order valence-electron chi connectivity index (χ3n) is 4.29. The summed E-state index contributed by atoms with van der Waals surface area (Å²) in [5.41, 5.74) is 1.58. The summed E-state index contributed by atoms with van der Waals surface area (Å²) in [7, 11) is -4.47. The van der Waals surface area contributed by atoms with E-state index in [1.807, 2.05) is 18.2 Å². The molecule has 2 N–H and O–H groups in total. The summed E-state index contributed by atoms with van der Waals surface area (Å²) in [5, 5.41) is 4.52. The SMILES string of the molecule is O=S(=O)(O)OCCCOc1nc(NCc2ccc3c(c2)OCO3)c2cc(Cl)ccc2n1.[Na]. The molecule has 3 aromatic rings. The van der Waals surface area contributed by atoms with Gasteiger partial charge in [0.2, 0.25) is 6.79 Å². The number of aromatic nitrogens is 2. The fourth-order valence-corrected chi connectivity index (χ4v) is 3.40. The van der Waals surface area contributed by atoms with Gasteiger partial charge in [0.05, 0.1) is 18.7 Å². The van der Waals surface area contributed by atoms with Crippen molar-refractivity contribution in [1.29, 1.82) is 0 Å².